The van der Waals surface area contributed by atoms with E-state index < -0.39 is 5.60 Å². The summed E-state index contributed by atoms with van der Waals surface area (Å²) in [4.78, 5) is 32.5. The molecule has 2 aromatic heterocycles. The highest BCUT2D eigenvalue weighted by Crippen LogP contribution is 2.30. The molecular formula is C25H27N5O4. The molecule has 0 aliphatic rings. The summed E-state index contributed by atoms with van der Waals surface area (Å²) in [7, 11) is 0. The number of hydrogen-bond acceptors (Lipinski definition) is 5. The normalized spacial score (nSPS) is 11.3. The van der Waals surface area contributed by atoms with E-state index in [1.807, 2.05) is 65.4 Å². The second-order valence-corrected chi connectivity index (χ2v) is 8.10. The third-order valence-electron chi connectivity index (χ3n) is 4.63. The van der Waals surface area contributed by atoms with Crippen molar-refractivity contribution in [2.75, 3.05) is 6.61 Å². The number of rotatable bonds is 5. The molecule has 4 aromatic rings. The Hall–Kier alpha value is -4.24. The zero-order valence-corrected chi connectivity index (χ0v) is 19.2. The summed E-state index contributed by atoms with van der Waals surface area (Å²) < 4.78 is 7.47. The summed E-state index contributed by atoms with van der Waals surface area (Å²) in [6.07, 6.45) is 4.32. The van der Waals surface area contributed by atoms with E-state index in [9.17, 15) is 14.7 Å². The van der Waals surface area contributed by atoms with Crippen LogP contribution >= 0.6 is 0 Å². The number of hydrogen-bond donors (Lipinski definition) is 3. The minimum absolute atomic E-state index is 0.190. The van der Waals surface area contributed by atoms with Gasteiger partial charge in [0.15, 0.2) is 0 Å². The van der Waals surface area contributed by atoms with Crippen molar-refractivity contribution in [3.8, 4) is 22.6 Å². The third kappa shape index (κ3) is 6.17. The number of nitrogens with one attached hydrogen (secondary N) is 1. The van der Waals surface area contributed by atoms with Crippen molar-refractivity contribution in [1.29, 1.82) is 0 Å². The van der Waals surface area contributed by atoms with Gasteiger partial charge in [-0.05, 0) is 43.7 Å². The molecule has 176 valence electrons. The average Bonchev–Trinajstić information content (AvgIpc) is 3.20. The fourth-order valence-electron chi connectivity index (χ4n) is 3.17. The van der Waals surface area contributed by atoms with E-state index in [2.05, 4.69) is 15.0 Å². The van der Waals surface area contributed by atoms with Gasteiger partial charge in [-0.1, -0.05) is 30.3 Å². The number of aliphatic hydroxyl groups is 1. The maximum Gasteiger partial charge on any atom is 0.275 e. The molecule has 0 atom stereocenters. The average molecular weight is 462 g/mol. The number of ether oxygens (including phenoxy) is 1. The van der Waals surface area contributed by atoms with Crippen LogP contribution in [-0.4, -0.2) is 44.1 Å². The highest BCUT2D eigenvalue weighted by molar-refractivity contribution is 5.93. The molecular weight excluding hydrogens is 434 g/mol. The molecule has 2 aromatic carbocycles. The largest absolute Gasteiger partial charge is 0.491 e. The molecule has 0 bridgehead atoms. The number of aromatic nitrogens is 3. The van der Waals surface area contributed by atoms with Gasteiger partial charge in [-0.2, -0.15) is 0 Å². The van der Waals surface area contributed by atoms with Crippen LogP contribution in [0.2, 0.25) is 0 Å². The number of para-hydroxylation sites is 1. The van der Waals surface area contributed by atoms with Crippen LogP contribution in [-0.2, 0) is 4.79 Å². The standard InChI is InChI=1S/C22H21N3O3.C3H6N2O/c1-22(2,27)13-28-17-10-8-15(9-11-17)18-12-25(16-6-4-3-5-7-16)20-19(18)23-14-24-21(20)26;1-3(6)5-2-4/h3-12,14,27H,13H2,1-2H3,(H,23,24,26);2H,1H3,(H2,4,5,6). The molecule has 0 spiro atoms. The number of carbonyl (C=O) groups is 1. The van der Waals surface area contributed by atoms with E-state index in [0.717, 1.165) is 23.2 Å². The van der Waals surface area contributed by atoms with Gasteiger partial charge in [-0.25, -0.2) is 9.98 Å². The number of nitrogens with two attached hydrogens (primary N) is 1. The van der Waals surface area contributed by atoms with E-state index in [-0.39, 0.29) is 18.1 Å². The van der Waals surface area contributed by atoms with Crippen molar-refractivity contribution in [2.45, 2.75) is 26.4 Å². The molecule has 0 saturated heterocycles. The molecule has 4 N–H and O–H groups in total. The second-order valence-electron chi connectivity index (χ2n) is 8.10. The summed E-state index contributed by atoms with van der Waals surface area (Å²) in [6.45, 7) is 4.94. The number of amides is 1. The number of carbonyl (C=O) groups excluding carboxylic acids is 1. The monoisotopic (exact) mass is 461 g/mol. The van der Waals surface area contributed by atoms with Gasteiger partial charge < -0.3 is 25.1 Å². The van der Waals surface area contributed by atoms with Gasteiger partial charge in [0.25, 0.3) is 5.56 Å². The van der Waals surface area contributed by atoms with Crippen molar-refractivity contribution in [3.63, 3.8) is 0 Å². The predicted octanol–water partition coefficient (Wildman–Crippen LogP) is 3.05. The molecule has 0 fully saturated rings. The highest BCUT2D eigenvalue weighted by Gasteiger charge is 2.16. The first kappa shape index (κ1) is 24.4. The molecule has 1 amide bonds. The minimum atomic E-state index is -0.896. The molecule has 9 nitrogen and oxygen atoms in total. The van der Waals surface area contributed by atoms with Crippen LogP contribution in [0.5, 0.6) is 5.75 Å². The zero-order chi connectivity index (χ0) is 24.7. The summed E-state index contributed by atoms with van der Waals surface area (Å²) in [6, 6.07) is 17.2. The topological polar surface area (TPSA) is 136 Å². The molecule has 2 heterocycles. The first-order valence-electron chi connectivity index (χ1n) is 10.5. The third-order valence-corrected chi connectivity index (χ3v) is 4.63. The zero-order valence-electron chi connectivity index (χ0n) is 19.2. The quantitative estimate of drug-likeness (QED) is 0.309. The molecule has 4 rings (SSSR count). The van der Waals surface area contributed by atoms with Gasteiger partial charge in [0.1, 0.15) is 23.4 Å². The minimum Gasteiger partial charge on any atom is -0.491 e. The lowest BCUT2D eigenvalue weighted by molar-refractivity contribution is -0.115. The Balaban J connectivity index is 0.000000481. The Kier molecular flexibility index (Phi) is 7.60. The van der Waals surface area contributed by atoms with E-state index in [1.165, 1.54) is 13.3 Å². The Morgan fingerprint density at radius 1 is 1.21 bits per heavy atom. The van der Waals surface area contributed by atoms with Gasteiger partial charge in [0.2, 0.25) is 5.91 Å². The van der Waals surface area contributed by atoms with Crippen molar-refractivity contribution in [3.05, 3.63) is 77.5 Å². The van der Waals surface area contributed by atoms with Crippen molar-refractivity contribution in [2.24, 2.45) is 10.7 Å². The molecule has 0 saturated carbocycles. The summed E-state index contributed by atoms with van der Waals surface area (Å²) >= 11 is 0. The SMILES string of the molecule is CC(=O)N=CN.CC(C)(O)COc1ccc(-c2cn(-c3ccccc3)c3c(=O)[nH]cnc23)cc1. The van der Waals surface area contributed by atoms with Crippen LogP contribution < -0.4 is 16.0 Å². The molecule has 0 unspecified atom stereocenters. The number of benzene rings is 2. The lowest BCUT2D eigenvalue weighted by Crippen LogP contribution is -2.27. The van der Waals surface area contributed by atoms with Crippen molar-refractivity contribution in [1.82, 2.24) is 14.5 Å². The summed E-state index contributed by atoms with van der Waals surface area (Å²) in [5.41, 5.74) is 7.45. The van der Waals surface area contributed by atoms with E-state index >= 15 is 0 Å². The molecule has 34 heavy (non-hydrogen) atoms. The Morgan fingerprint density at radius 3 is 2.44 bits per heavy atom. The first-order chi connectivity index (χ1) is 16.2. The maximum atomic E-state index is 12.5. The fourth-order valence-corrected chi connectivity index (χ4v) is 3.17. The van der Waals surface area contributed by atoms with Crippen LogP contribution in [0.1, 0.15) is 20.8 Å². The van der Waals surface area contributed by atoms with Gasteiger partial charge in [-0.15, -0.1) is 0 Å². The van der Waals surface area contributed by atoms with Crippen LogP contribution in [0.15, 0.2) is 76.9 Å². The van der Waals surface area contributed by atoms with E-state index in [1.54, 1.807) is 13.8 Å². The summed E-state index contributed by atoms with van der Waals surface area (Å²) in [5.74, 6) is 0.404. The number of nitrogens with zero attached hydrogens (tertiary/aromatic N) is 3. The van der Waals surface area contributed by atoms with Gasteiger partial charge in [-0.3, -0.25) is 9.59 Å². The lowest BCUT2D eigenvalue weighted by Gasteiger charge is -2.17. The lowest BCUT2D eigenvalue weighted by atomic mass is 10.1. The van der Waals surface area contributed by atoms with E-state index in [0.29, 0.717) is 16.8 Å². The van der Waals surface area contributed by atoms with Crippen LogP contribution in [0.25, 0.3) is 27.8 Å². The van der Waals surface area contributed by atoms with Gasteiger partial charge >= 0.3 is 0 Å². The predicted molar refractivity (Wildman–Crippen MR) is 132 cm³/mol. The Labute approximate surface area is 196 Å². The molecule has 0 radical (unpaired) electrons. The number of aromatic amines is 1. The van der Waals surface area contributed by atoms with Crippen LogP contribution in [0.3, 0.4) is 0 Å². The number of fused-ring (bicyclic) bond motifs is 1. The molecule has 9 heteroatoms. The number of aliphatic imine (C=N–C) groups is 1. The molecule has 0 aliphatic heterocycles. The van der Waals surface area contributed by atoms with Crippen LogP contribution in [0, 0.1) is 0 Å². The highest BCUT2D eigenvalue weighted by atomic mass is 16.5. The van der Waals surface area contributed by atoms with E-state index in [4.69, 9.17) is 10.5 Å². The van der Waals surface area contributed by atoms with Gasteiger partial charge in [0, 0.05) is 24.4 Å². The molecule has 0 aliphatic carbocycles. The Bertz CT molecular complexity index is 1330. The smallest absolute Gasteiger partial charge is 0.275 e. The Morgan fingerprint density at radius 2 is 1.88 bits per heavy atom. The summed E-state index contributed by atoms with van der Waals surface area (Å²) in [5, 5.41) is 9.80. The van der Waals surface area contributed by atoms with Gasteiger partial charge in [0.05, 0.1) is 18.3 Å². The van der Waals surface area contributed by atoms with Crippen LogP contribution in [0.4, 0.5) is 0 Å². The number of H-pyrrole nitrogens is 1. The second kappa shape index (κ2) is 10.6. The van der Waals surface area contributed by atoms with Crippen molar-refractivity contribution < 1.29 is 14.6 Å². The first-order valence-corrected chi connectivity index (χ1v) is 10.5. The van der Waals surface area contributed by atoms with Crippen molar-refractivity contribution >= 4 is 23.3 Å². The fraction of sp³-hybridized carbons (Fsp3) is 0.200. The maximum absolute atomic E-state index is 12.5.